The SMILES string of the molecule is Oc1ccc(NCc2ccc3ccccc3c2)cc1. The molecule has 3 aromatic rings. The van der Waals surface area contributed by atoms with Crippen molar-refractivity contribution in [1.29, 1.82) is 0 Å². The summed E-state index contributed by atoms with van der Waals surface area (Å²) in [4.78, 5) is 0. The molecule has 2 nitrogen and oxygen atoms in total. The van der Waals surface area contributed by atoms with Crippen LogP contribution in [0.15, 0.2) is 66.7 Å². The average molecular weight is 249 g/mol. The van der Waals surface area contributed by atoms with Crippen molar-refractivity contribution in [1.82, 2.24) is 0 Å². The van der Waals surface area contributed by atoms with E-state index in [9.17, 15) is 5.11 Å². The van der Waals surface area contributed by atoms with Gasteiger partial charge in [0.2, 0.25) is 0 Å². The molecule has 3 rings (SSSR count). The molecule has 2 N–H and O–H groups in total. The van der Waals surface area contributed by atoms with E-state index in [2.05, 4.69) is 47.8 Å². The average Bonchev–Trinajstić information content (AvgIpc) is 2.46. The number of phenols is 1. The van der Waals surface area contributed by atoms with Crippen LogP contribution in [-0.2, 0) is 6.54 Å². The van der Waals surface area contributed by atoms with Crippen molar-refractivity contribution >= 4 is 16.5 Å². The highest BCUT2D eigenvalue weighted by Crippen LogP contribution is 2.18. The van der Waals surface area contributed by atoms with E-state index in [1.165, 1.54) is 16.3 Å². The molecule has 0 spiro atoms. The van der Waals surface area contributed by atoms with E-state index in [0.29, 0.717) is 0 Å². The lowest BCUT2D eigenvalue weighted by Gasteiger charge is -2.07. The molecular weight excluding hydrogens is 234 g/mol. The van der Waals surface area contributed by atoms with E-state index >= 15 is 0 Å². The Morgan fingerprint density at radius 1 is 0.789 bits per heavy atom. The van der Waals surface area contributed by atoms with E-state index in [4.69, 9.17) is 0 Å². The second kappa shape index (κ2) is 5.02. The maximum atomic E-state index is 9.23. The van der Waals surface area contributed by atoms with Crippen LogP contribution in [0.4, 0.5) is 5.69 Å². The molecule has 0 aliphatic carbocycles. The molecule has 0 unspecified atom stereocenters. The molecule has 2 heteroatoms. The number of rotatable bonds is 3. The first-order valence-corrected chi connectivity index (χ1v) is 6.32. The first kappa shape index (κ1) is 11.6. The third-order valence-corrected chi connectivity index (χ3v) is 3.18. The fraction of sp³-hybridized carbons (Fsp3) is 0.0588. The minimum absolute atomic E-state index is 0.288. The molecular formula is C17H15NO. The van der Waals surface area contributed by atoms with Gasteiger partial charge in [-0.2, -0.15) is 0 Å². The van der Waals surface area contributed by atoms with E-state index in [-0.39, 0.29) is 5.75 Å². The molecule has 0 aliphatic heterocycles. The third-order valence-electron chi connectivity index (χ3n) is 3.18. The first-order chi connectivity index (χ1) is 9.31. The number of aromatic hydroxyl groups is 1. The fourth-order valence-corrected chi connectivity index (χ4v) is 2.13. The van der Waals surface area contributed by atoms with Crippen molar-refractivity contribution in [3.8, 4) is 5.75 Å². The van der Waals surface area contributed by atoms with Gasteiger partial charge in [-0.05, 0) is 46.7 Å². The Morgan fingerprint density at radius 3 is 2.32 bits per heavy atom. The number of fused-ring (bicyclic) bond motifs is 1. The zero-order chi connectivity index (χ0) is 13.1. The Morgan fingerprint density at radius 2 is 1.53 bits per heavy atom. The molecule has 0 heterocycles. The highest BCUT2D eigenvalue weighted by Gasteiger charge is 1.97. The number of hydrogen-bond acceptors (Lipinski definition) is 2. The summed E-state index contributed by atoms with van der Waals surface area (Å²) in [5, 5.41) is 15.1. The van der Waals surface area contributed by atoms with Crippen molar-refractivity contribution < 1.29 is 5.11 Å². The second-order valence-electron chi connectivity index (χ2n) is 4.58. The summed E-state index contributed by atoms with van der Waals surface area (Å²) in [6.07, 6.45) is 0. The lowest BCUT2D eigenvalue weighted by molar-refractivity contribution is 0.475. The van der Waals surface area contributed by atoms with Gasteiger partial charge in [-0.15, -0.1) is 0 Å². The molecule has 0 saturated heterocycles. The fourth-order valence-electron chi connectivity index (χ4n) is 2.13. The molecule has 3 aromatic carbocycles. The van der Waals surface area contributed by atoms with Crippen LogP contribution in [0.1, 0.15) is 5.56 Å². The number of phenolic OH excluding ortho intramolecular Hbond substituents is 1. The molecule has 0 bridgehead atoms. The smallest absolute Gasteiger partial charge is 0.115 e. The predicted molar refractivity (Wildman–Crippen MR) is 79.4 cm³/mol. The van der Waals surface area contributed by atoms with Gasteiger partial charge in [0, 0.05) is 12.2 Å². The van der Waals surface area contributed by atoms with Crippen molar-refractivity contribution in [2.75, 3.05) is 5.32 Å². The summed E-state index contributed by atoms with van der Waals surface area (Å²) >= 11 is 0. The number of nitrogens with one attached hydrogen (secondary N) is 1. The molecule has 0 aliphatic rings. The highest BCUT2D eigenvalue weighted by molar-refractivity contribution is 5.83. The summed E-state index contributed by atoms with van der Waals surface area (Å²) in [6.45, 7) is 0.773. The van der Waals surface area contributed by atoms with E-state index in [0.717, 1.165) is 12.2 Å². The molecule has 0 aromatic heterocycles. The monoisotopic (exact) mass is 249 g/mol. The van der Waals surface area contributed by atoms with Crippen molar-refractivity contribution in [2.45, 2.75) is 6.54 Å². The number of anilines is 1. The Kier molecular flexibility index (Phi) is 3.07. The van der Waals surface area contributed by atoms with Gasteiger partial charge in [-0.25, -0.2) is 0 Å². The molecule has 0 fully saturated rings. The summed E-state index contributed by atoms with van der Waals surface area (Å²) < 4.78 is 0. The van der Waals surface area contributed by atoms with Crippen LogP contribution in [0.3, 0.4) is 0 Å². The van der Waals surface area contributed by atoms with Crippen LogP contribution in [-0.4, -0.2) is 5.11 Å². The molecule has 0 amide bonds. The van der Waals surface area contributed by atoms with Gasteiger partial charge < -0.3 is 10.4 Å². The zero-order valence-corrected chi connectivity index (χ0v) is 10.5. The van der Waals surface area contributed by atoms with Crippen molar-refractivity contribution in [3.05, 3.63) is 72.3 Å². The summed E-state index contributed by atoms with van der Waals surface area (Å²) in [5.41, 5.74) is 2.25. The standard InChI is InChI=1S/C17H15NO/c19-17-9-7-16(8-10-17)18-12-13-5-6-14-3-1-2-4-15(14)11-13/h1-11,18-19H,12H2. The number of hydrogen-bond donors (Lipinski definition) is 2. The largest absolute Gasteiger partial charge is 0.508 e. The van der Waals surface area contributed by atoms with Crippen LogP contribution in [0.5, 0.6) is 5.75 Å². The Balaban J connectivity index is 1.76. The van der Waals surface area contributed by atoms with Crippen LogP contribution in [0.2, 0.25) is 0 Å². The van der Waals surface area contributed by atoms with Crippen LogP contribution in [0, 0.1) is 0 Å². The van der Waals surface area contributed by atoms with Gasteiger partial charge in [0.25, 0.3) is 0 Å². The van der Waals surface area contributed by atoms with Gasteiger partial charge >= 0.3 is 0 Å². The quantitative estimate of drug-likeness (QED) is 0.683. The second-order valence-corrected chi connectivity index (χ2v) is 4.58. The van der Waals surface area contributed by atoms with Gasteiger partial charge in [0.15, 0.2) is 0 Å². The van der Waals surface area contributed by atoms with Crippen molar-refractivity contribution in [3.63, 3.8) is 0 Å². The van der Waals surface area contributed by atoms with Crippen LogP contribution in [0.25, 0.3) is 10.8 Å². The molecule has 0 atom stereocenters. The normalized spacial score (nSPS) is 10.5. The summed E-state index contributed by atoms with van der Waals surface area (Å²) in [5.74, 6) is 0.288. The minimum Gasteiger partial charge on any atom is -0.508 e. The minimum atomic E-state index is 0.288. The Labute approximate surface area is 112 Å². The lowest BCUT2D eigenvalue weighted by Crippen LogP contribution is -1.98. The maximum Gasteiger partial charge on any atom is 0.115 e. The third kappa shape index (κ3) is 2.68. The van der Waals surface area contributed by atoms with Crippen LogP contribution < -0.4 is 5.32 Å². The molecule has 0 radical (unpaired) electrons. The van der Waals surface area contributed by atoms with Gasteiger partial charge in [0.1, 0.15) is 5.75 Å². The molecule has 94 valence electrons. The topological polar surface area (TPSA) is 32.3 Å². The Bertz CT molecular complexity index is 689. The highest BCUT2D eigenvalue weighted by atomic mass is 16.3. The predicted octanol–water partition coefficient (Wildman–Crippen LogP) is 4.16. The summed E-state index contributed by atoms with van der Waals surface area (Å²) in [6, 6.07) is 21.9. The van der Waals surface area contributed by atoms with E-state index < -0.39 is 0 Å². The van der Waals surface area contributed by atoms with Gasteiger partial charge in [-0.1, -0.05) is 36.4 Å². The maximum absolute atomic E-state index is 9.23. The van der Waals surface area contributed by atoms with Crippen LogP contribution >= 0.6 is 0 Å². The van der Waals surface area contributed by atoms with Gasteiger partial charge in [-0.3, -0.25) is 0 Å². The first-order valence-electron chi connectivity index (χ1n) is 6.32. The van der Waals surface area contributed by atoms with E-state index in [1.54, 1.807) is 12.1 Å². The van der Waals surface area contributed by atoms with Gasteiger partial charge in [0.05, 0.1) is 0 Å². The Hall–Kier alpha value is -2.48. The number of benzene rings is 3. The summed E-state index contributed by atoms with van der Waals surface area (Å²) in [7, 11) is 0. The van der Waals surface area contributed by atoms with Crippen molar-refractivity contribution in [2.24, 2.45) is 0 Å². The zero-order valence-electron chi connectivity index (χ0n) is 10.5. The lowest BCUT2D eigenvalue weighted by atomic mass is 10.1. The van der Waals surface area contributed by atoms with E-state index in [1.807, 2.05) is 12.1 Å². The molecule has 19 heavy (non-hydrogen) atoms. The molecule has 0 saturated carbocycles.